The van der Waals surface area contributed by atoms with Crippen LogP contribution in [0.15, 0.2) is 24.3 Å². The third-order valence-corrected chi connectivity index (χ3v) is 3.74. The molecule has 2 heterocycles. The first-order valence-corrected chi connectivity index (χ1v) is 7.07. The normalized spacial score (nSPS) is 19.1. The van der Waals surface area contributed by atoms with Crippen molar-refractivity contribution in [1.29, 1.82) is 0 Å². The predicted octanol–water partition coefficient (Wildman–Crippen LogP) is 3.05. The molecule has 0 aliphatic carbocycles. The van der Waals surface area contributed by atoms with Crippen molar-refractivity contribution in [1.82, 2.24) is 9.97 Å². The average Bonchev–Trinajstić information content (AvgIpc) is 2.84. The van der Waals surface area contributed by atoms with Crippen LogP contribution in [0.1, 0.15) is 26.7 Å². The largest absolute Gasteiger partial charge is 0.354 e. The monoisotopic (exact) mass is 256 g/mol. The first-order chi connectivity index (χ1) is 9.29. The topological polar surface area (TPSA) is 41.1 Å². The van der Waals surface area contributed by atoms with Crippen molar-refractivity contribution in [2.24, 2.45) is 0 Å². The lowest BCUT2D eigenvalue weighted by Gasteiger charge is -2.24. The maximum Gasteiger partial charge on any atom is 0.225 e. The van der Waals surface area contributed by atoms with E-state index in [9.17, 15) is 0 Å². The quantitative estimate of drug-likeness (QED) is 0.916. The van der Waals surface area contributed by atoms with Crippen molar-refractivity contribution in [2.75, 3.05) is 23.3 Å². The molecule has 4 nitrogen and oxygen atoms in total. The highest BCUT2D eigenvalue weighted by molar-refractivity contribution is 5.90. The highest BCUT2D eigenvalue weighted by atomic mass is 15.3. The Kier molecular flexibility index (Phi) is 3.23. The second kappa shape index (κ2) is 5.03. The van der Waals surface area contributed by atoms with Gasteiger partial charge in [0.2, 0.25) is 5.95 Å². The Hall–Kier alpha value is -1.84. The number of hydrogen-bond acceptors (Lipinski definition) is 4. The van der Waals surface area contributed by atoms with Crippen LogP contribution in [0.4, 0.5) is 11.8 Å². The van der Waals surface area contributed by atoms with Crippen LogP contribution in [-0.4, -0.2) is 29.1 Å². The SMILES string of the molecule is CCNc1nc(N2CCCC2C)c2ccccc2n1. The molecule has 1 aliphatic rings. The number of nitrogens with one attached hydrogen (secondary N) is 1. The standard InChI is InChI=1S/C15H20N4/c1-3-16-15-17-13-9-5-4-8-12(13)14(18-15)19-10-6-7-11(19)2/h4-5,8-9,11H,3,6-7,10H2,1-2H3,(H,16,17,18). The molecule has 4 heteroatoms. The lowest BCUT2D eigenvalue weighted by Crippen LogP contribution is -2.27. The van der Waals surface area contributed by atoms with E-state index in [0.717, 1.165) is 35.8 Å². The van der Waals surface area contributed by atoms with E-state index in [4.69, 9.17) is 4.98 Å². The van der Waals surface area contributed by atoms with Crippen molar-refractivity contribution in [2.45, 2.75) is 32.7 Å². The van der Waals surface area contributed by atoms with Gasteiger partial charge in [0.25, 0.3) is 0 Å². The maximum atomic E-state index is 4.73. The van der Waals surface area contributed by atoms with E-state index in [1.807, 2.05) is 6.07 Å². The van der Waals surface area contributed by atoms with Crippen molar-refractivity contribution in [3.8, 4) is 0 Å². The molecule has 1 N–H and O–H groups in total. The van der Waals surface area contributed by atoms with Crippen LogP contribution in [0.5, 0.6) is 0 Å². The van der Waals surface area contributed by atoms with E-state index < -0.39 is 0 Å². The Morgan fingerprint density at radius 3 is 2.89 bits per heavy atom. The Morgan fingerprint density at radius 1 is 1.32 bits per heavy atom. The molecule has 1 fully saturated rings. The summed E-state index contributed by atoms with van der Waals surface area (Å²) < 4.78 is 0. The molecule has 1 aliphatic heterocycles. The summed E-state index contributed by atoms with van der Waals surface area (Å²) in [6.07, 6.45) is 2.49. The molecule has 0 amide bonds. The van der Waals surface area contributed by atoms with E-state index in [-0.39, 0.29) is 0 Å². The van der Waals surface area contributed by atoms with Crippen LogP contribution in [0.2, 0.25) is 0 Å². The molecule has 1 saturated heterocycles. The lowest BCUT2D eigenvalue weighted by molar-refractivity contribution is 0.729. The van der Waals surface area contributed by atoms with Gasteiger partial charge >= 0.3 is 0 Å². The summed E-state index contributed by atoms with van der Waals surface area (Å²) >= 11 is 0. The molecular formula is C15H20N4. The van der Waals surface area contributed by atoms with Crippen LogP contribution in [0.25, 0.3) is 10.9 Å². The summed E-state index contributed by atoms with van der Waals surface area (Å²) in [5, 5.41) is 4.38. The fraction of sp³-hybridized carbons (Fsp3) is 0.467. The Morgan fingerprint density at radius 2 is 2.16 bits per heavy atom. The fourth-order valence-corrected chi connectivity index (χ4v) is 2.76. The summed E-state index contributed by atoms with van der Waals surface area (Å²) in [7, 11) is 0. The van der Waals surface area contributed by atoms with Gasteiger partial charge in [-0.1, -0.05) is 12.1 Å². The third-order valence-electron chi connectivity index (χ3n) is 3.74. The molecule has 0 saturated carbocycles. The highest BCUT2D eigenvalue weighted by Gasteiger charge is 2.24. The molecule has 19 heavy (non-hydrogen) atoms. The van der Waals surface area contributed by atoms with Crippen molar-refractivity contribution >= 4 is 22.7 Å². The summed E-state index contributed by atoms with van der Waals surface area (Å²) in [6.45, 7) is 6.27. The number of rotatable bonds is 3. The highest BCUT2D eigenvalue weighted by Crippen LogP contribution is 2.30. The Labute approximate surface area is 113 Å². The predicted molar refractivity (Wildman–Crippen MR) is 79.7 cm³/mol. The minimum absolute atomic E-state index is 0.563. The van der Waals surface area contributed by atoms with Gasteiger partial charge in [0.05, 0.1) is 5.52 Å². The summed E-state index contributed by atoms with van der Waals surface area (Å²) in [5.41, 5.74) is 1.02. The van der Waals surface area contributed by atoms with E-state index in [1.165, 1.54) is 12.8 Å². The summed E-state index contributed by atoms with van der Waals surface area (Å²) in [4.78, 5) is 11.7. The number of aromatic nitrogens is 2. The number of benzene rings is 1. The summed E-state index contributed by atoms with van der Waals surface area (Å²) in [5.74, 6) is 1.81. The second-order valence-electron chi connectivity index (χ2n) is 5.10. The van der Waals surface area contributed by atoms with Gasteiger partial charge in [0, 0.05) is 24.5 Å². The van der Waals surface area contributed by atoms with Crippen LogP contribution in [-0.2, 0) is 0 Å². The molecule has 1 unspecified atom stereocenters. The molecule has 0 bridgehead atoms. The smallest absolute Gasteiger partial charge is 0.225 e. The molecule has 0 radical (unpaired) electrons. The van der Waals surface area contributed by atoms with Crippen molar-refractivity contribution < 1.29 is 0 Å². The van der Waals surface area contributed by atoms with Gasteiger partial charge in [0.1, 0.15) is 5.82 Å². The molecular weight excluding hydrogens is 236 g/mol. The third kappa shape index (κ3) is 2.23. The summed E-state index contributed by atoms with van der Waals surface area (Å²) in [6, 6.07) is 8.83. The Bertz CT molecular complexity index is 581. The number of hydrogen-bond donors (Lipinski definition) is 1. The van der Waals surface area contributed by atoms with E-state index in [0.29, 0.717) is 6.04 Å². The Balaban J connectivity index is 2.14. The molecule has 3 rings (SSSR count). The molecule has 100 valence electrons. The van der Waals surface area contributed by atoms with Gasteiger partial charge in [-0.3, -0.25) is 0 Å². The number of para-hydroxylation sites is 1. The second-order valence-corrected chi connectivity index (χ2v) is 5.10. The number of fused-ring (bicyclic) bond motifs is 1. The number of nitrogens with zero attached hydrogens (tertiary/aromatic N) is 3. The van der Waals surface area contributed by atoms with Crippen LogP contribution >= 0.6 is 0 Å². The van der Waals surface area contributed by atoms with Crippen molar-refractivity contribution in [3.05, 3.63) is 24.3 Å². The minimum Gasteiger partial charge on any atom is -0.354 e. The van der Waals surface area contributed by atoms with Crippen LogP contribution < -0.4 is 10.2 Å². The van der Waals surface area contributed by atoms with Gasteiger partial charge in [-0.15, -0.1) is 0 Å². The maximum absolute atomic E-state index is 4.73. The zero-order valence-electron chi connectivity index (χ0n) is 11.6. The van der Waals surface area contributed by atoms with Gasteiger partial charge in [-0.25, -0.2) is 4.98 Å². The average molecular weight is 256 g/mol. The van der Waals surface area contributed by atoms with E-state index in [1.54, 1.807) is 0 Å². The van der Waals surface area contributed by atoms with E-state index in [2.05, 4.69) is 47.2 Å². The molecule has 1 aromatic heterocycles. The van der Waals surface area contributed by atoms with Gasteiger partial charge in [-0.05, 0) is 38.8 Å². The molecule has 1 atom stereocenters. The fourth-order valence-electron chi connectivity index (χ4n) is 2.76. The van der Waals surface area contributed by atoms with E-state index >= 15 is 0 Å². The first kappa shape index (κ1) is 12.2. The van der Waals surface area contributed by atoms with Gasteiger partial charge < -0.3 is 10.2 Å². The molecule has 1 aromatic carbocycles. The molecule has 0 spiro atoms. The van der Waals surface area contributed by atoms with Gasteiger partial charge in [-0.2, -0.15) is 4.98 Å². The number of anilines is 2. The van der Waals surface area contributed by atoms with Crippen LogP contribution in [0.3, 0.4) is 0 Å². The van der Waals surface area contributed by atoms with Gasteiger partial charge in [0.15, 0.2) is 0 Å². The molecule has 2 aromatic rings. The van der Waals surface area contributed by atoms with Crippen LogP contribution in [0, 0.1) is 0 Å². The first-order valence-electron chi connectivity index (χ1n) is 7.07. The zero-order valence-corrected chi connectivity index (χ0v) is 11.6. The lowest BCUT2D eigenvalue weighted by atomic mass is 10.2. The zero-order chi connectivity index (χ0) is 13.2. The minimum atomic E-state index is 0.563. The van der Waals surface area contributed by atoms with Crippen molar-refractivity contribution in [3.63, 3.8) is 0 Å².